The average Bonchev–Trinajstić information content (AvgIpc) is 3.06. The zero-order valence-electron chi connectivity index (χ0n) is 12.8. The minimum atomic E-state index is -0.860. The number of aryl methyl sites for hydroxylation is 1. The molecule has 118 valence electrons. The van der Waals surface area contributed by atoms with Crippen molar-refractivity contribution in [2.24, 2.45) is 0 Å². The van der Waals surface area contributed by atoms with Crippen molar-refractivity contribution >= 4 is 22.5 Å². The molecule has 0 aliphatic carbocycles. The monoisotopic (exact) mass is 318 g/mol. The molecule has 0 bridgehead atoms. The van der Waals surface area contributed by atoms with Gasteiger partial charge in [-0.05, 0) is 12.1 Å². The summed E-state index contributed by atoms with van der Waals surface area (Å²) < 4.78 is 1.66. The van der Waals surface area contributed by atoms with Crippen molar-refractivity contribution < 1.29 is 9.90 Å². The van der Waals surface area contributed by atoms with Gasteiger partial charge in [0.05, 0.1) is 11.9 Å². The Hall–Kier alpha value is -3.28. The quantitative estimate of drug-likeness (QED) is 0.625. The summed E-state index contributed by atoms with van der Waals surface area (Å²) in [4.78, 5) is 20.2. The molecule has 2 heterocycles. The van der Waals surface area contributed by atoms with Crippen LogP contribution in [0.1, 0.15) is 12.2 Å². The third kappa shape index (κ3) is 2.48. The summed E-state index contributed by atoms with van der Waals surface area (Å²) in [7, 11) is 0. The van der Waals surface area contributed by atoms with Gasteiger partial charge in [-0.1, -0.05) is 42.5 Å². The molecule has 4 aromatic rings. The second-order valence-electron chi connectivity index (χ2n) is 5.48. The Kier molecular flexibility index (Phi) is 3.42. The molecule has 2 aromatic carbocycles. The van der Waals surface area contributed by atoms with Crippen molar-refractivity contribution in [3.05, 3.63) is 60.4 Å². The number of para-hydroxylation sites is 1. The summed E-state index contributed by atoms with van der Waals surface area (Å²) in [6, 6.07) is 17.4. The van der Waals surface area contributed by atoms with Crippen LogP contribution in [0.5, 0.6) is 0 Å². The first-order valence-corrected chi connectivity index (χ1v) is 7.64. The van der Waals surface area contributed by atoms with E-state index in [1.54, 1.807) is 4.52 Å². The molecule has 4 rings (SSSR count). The first-order chi connectivity index (χ1) is 11.7. The van der Waals surface area contributed by atoms with Crippen molar-refractivity contribution in [3.8, 4) is 11.4 Å². The highest BCUT2D eigenvalue weighted by Gasteiger charge is 2.14. The van der Waals surface area contributed by atoms with E-state index in [-0.39, 0.29) is 6.42 Å². The highest BCUT2D eigenvalue weighted by atomic mass is 16.4. The van der Waals surface area contributed by atoms with Crippen LogP contribution in [0.2, 0.25) is 0 Å². The van der Waals surface area contributed by atoms with Gasteiger partial charge in [-0.15, -0.1) is 5.10 Å². The van der Waals surface area contributed by atoms with Gasteiger partial charge in [0, 0.05) is 17.4 Å². The molecule has 0 fully saturated rings. The van der Waals surface area contributed by atoms with E-state index < -0.39 is 5.97 Å². The van der Waals surface area contributed by atoms with Gasteiger partial charge < -0.3 is 5.11 Å². The summed E-state index contributed by atoms with van der Waals surface area (Å²) in [5, 5.41) is 14.4. The van der Waals surface area contributed by atoms with Gasteiger partial charge >= 0.3 is 5.97 Å². The zero-order chi connectivity index (χ0) is 16.5. The van der Waals surface area contributed by atoms with Crippen LogP contribution in [0, 0.1) is 0 Å². The lowest BCUT2D eigenvalue weighted by molar-refractivity contribution is -0.137. The van der Waals surface area contributed by atoms with E-state index in [2.05, 4.69) is 15.1 Å². The van der Waals surface area contributed by atoms with Crippen molar-refractivity contribution in [2.75, 3.05) is 0 Å². The van der Waals surface area contributed by atoms with E-state index in [0.717, 1.165) is 16.5 Å². The molecule has 6 heteroatoms. The molecule has 0 aliphatic rings. The molecule has 24 heavy (non-hydrogen) atoms. The van der Waals surface area contributed by atoms with Crippen LogP contribution in [0.25, 0.3) is 27.9 Å². The number of benzene rings is 2. The predicted octanol–water partition coefficient (Wildman–Crippen LogP) is 2.96. The minimum absolute atomic E-state index is 0.000963. The summed E-state index contributed by atoms with van der Waals surface area (Å²) in [5.41, 5.74) is 2.40. The Labute approximate surface area is 137 Å². The van der Waals surface area contributed by atoms with Crippen LogP contribution in [0.3, 0.4) is 0 Å². The third-order valence-electron chi connectivity index (χ3n) is 3.84. The number of hydrogen-bond donors (Lipinski definition) is 1. The first kappa shape index (κ1) is 14.3. The highest BCUT2D eigenvalue weighted by molar-refractivity contribution is 5.91. The van der Waals surface area contributed by atoms with Gasteiger partial charge in [0.2, 0.25) is 0 Å². The predicted molar refractivity (Wildman–Crippen MR) is 89.7 cm³/mol. The average molecular weight is 318 g/mol. The summed E-state index contributed by atoms with van der Waals surface area (Å²) in [6.45, 7) is 0. The number of carboxylic acids is 1. The molecule has 0 saturated heterocycles. The molecule has 2 aromatic heterocycles. The van der Waals surface area contributed by atoms with E-state index in [4.69, 9.17) is 5.11 Å². The molecule has 0 saturated carbocycles. The second-order valence-corrected chi connectivity index (χ2v) is 5.48. The molecular formula is C18H14N4O2. The maximum absolute atomic E-state index is 10.9. The number of rotatable bonds is 4. The number of hydrogen-bond acceptors (Lipinski definition) is 4. The van der Waals surface area contributed by atoms with Gasteiger partial charge in [-0.3, -0.25) is 4.79 Å². The summed E-state index contributed by atoms with van der Waals surface area (Å²) in [6.07, 6.45) is 0.301. The molecule has 6 nitrogen and oxygen atoms in total. The molecule has 0 atom stereocenters. The maximum Gasteiger partial charge on any atom is 0.303 e. The standard InChI is InChI=1S/C18H14N4O2/c23-16(24)11-10-15-19-14-9-5-4-8-13(14)18-20-17(21-22(15)18)12-6-2-1-3-7-12/h1-9H,10-11H2,(H,23,24). The highest BCUT2D eigenvalue weighted by Crippen LogP contribution is 2.22. The topological polar surface area (TPSA) is 80.4 Å². The normalized spacial score (nSPS) is 11.2. The Morgan fingerprint density at radius 2 is 1.75 bits per heavy atom. The second kappa shape index (κ2) is 5.73. The summed E-state index contributed by atoms with van der Waals surface area (Å²) in [5.74, 6) is 0.340. The Bertz CT molecular complexity index is 1040. The van der Waals surface area contributed by atoms with E-state index in [0.29, 0.717) is 23.7 Å². The molecular weight excluding hydrogens is 304 g/mol. The first-order valence-electron chi connectivity index (χ1n) is 7.64. The molecule has 0 amide bonds. The Morgan fingerprint density at radius 3 is 2.54 bits per heavy atom. The smallest absolute Gasteiger partial charge is 0.303 e. The fourth-order valence-corrected chi connectivity index (χ4v) is 2.70. The van der Waals surface area contributed by atoms with E-state index in [9.17, 15) is 4.79 Å². The van der Waals surface area contributed by atoms with Crippen molar-refractivity contribution in [1.29, 1.82) is 0 Å². The zero-order valence-corrected chi connectivity index (χ0v) is 12.8. The minimum Gasteiger partial charge on any atom is -0.481 e. The van der Waals surface area contributed by atoms with Gasteiger partial charge in [0.25, 0.3) is 0 Å². The van der Waals surface area contributed by atoms with Crippen LogP contribution in [-0.4, -0.2) is 30.7 Å². The van der Waals surface area contributed by atoms with E-state index in [1.807, 2.05) is 54.6 Å². The van der Waals surface area contributed by atoms with Gasteiger partial charge in [0.1, 0.15) is 5.82 Å². The van der Waals surface area contributed by atoms with E-state index >= 15 is 0 Å². The van der Waals surface area contributed by atoms with Crippen LogP contribution in [0.15, 0.2) is 54.6 Å². The third-order valence-corrected chi connectivity index (χ3v) is 3.84. The van der Waals surface area contributed by atoms with Crippen molar-refractivity contribution in [3.63, 3.8) is 0 Å². The maximum atomic E-state index is 10.9. The lowest BCUT2D eigenvalue weighted by atomic mass is 10.2. The van der Waals surface area contributed by atoms with Gasteiger partial charge in [-0.25, -0.2) is 9.97 Å². The van der Waals surface area contributed by atoms with Crippen molar-refractivity contribution in [2.45, 2.75) is 12.8 Å². The lowest BCUT2D eigenvalue weighted by Gasteiger charge is -2.05. The summed E-state index contributed by atoms with van der Waals surface area (Å²) >= 11 is 0. The van der Waals surface area contributed by atoms with Gasteiger partial charge in [-0.2, -0.15) is 4.52 Å². The number of nitrogens with zero attached hydrogens (tertiary/aromatic N) is 4. The molecule has 0 aliphatic heterocycles. The van der Waals surface area contributed by atoms with Crippen LogP contribution in [0.4, 0.5) is 0 Å². The number of carbonyl (C=O) groups is 1. The molecule has 1 N–H and O–H groups in total. The lowest BCUT2D eigenvalue weighted by Crippen LogP contribution is -2.07. The van der Waals surface area contributed by atoms with Crippen LogP contribution >= 0.6 is 0 Å². The number of aliphatic carboxylic acids is 1. The van der Waals surface area contributed by atoms with Crippen LogP contribution in [-0.2, 0) is 11.2 Å². The molecule has 0 spiro atoms. The fourth-order valence-electron chi connectivity index (χ4n) is 2.70. The molecule has 0 unspecified atom stereocenters. The van der Waals surface area contributed by atoms with Gasteiger partial charge in [0.15, 0.2) is 11.5 Å². The Balaban J connectivity index is 1.96. The van der Waals surface area contributed by atoms with Crippen molar-refractivity contribution in [1.82, 2.24) is 19.6 Å². The van der Waals surface area contributed by atoms with Crippen LogP contribution < -0.4 is 0 Å². The van der Waals surface area contributed by atoms with E-state index in [1.165, 1.54) is 0 Å². The fraction of sp³-hybridized carbons (Fsp3) is 0.111. The SMILES string of the molecule is O=C(O)CCc1nc2ccccc2c2nc(-c3ccccc3)nn12. The number of aromatic nitrogens is 4. The largest absolute Gasteiger partial charge is 0.481 e. The Morgan fingerprint density at radius 1 is 1.00 bits per heavy atom. The number of fused-ring (bicyclic) bond motifs is 3. The number of carboxylic acid groups (broad SMARTS) is 1. The molecule has 0 radical (unpaired) electrons.